The van der Waals surface area contributed by atoms with Gasteiger partial charge in [-0.25, -0.2) is 0 Å². The Bertz CT molecular complexity index is 806. The van der Waals surface area contributed by atoms with Crippen LogP contribution in [0.25, 0.3) is 0 Å². The van der Waals surface area contributed by atoms with Crippen molar-refractivity contribution in [1.29, 1.82) is 0 Å². The number of carbonyl (C=O) groups excluding carboxylic acids is 2. The van der Waals surface area contributed by atoms with Gasteiger partial charge in [-0.1, -0.05) is 55.2 Å². The summed E-state index contributed by atoms with van der Waals surface area (Å²) in [6.45, 7) is 5.82. The van der Waals surface area contributed by atoms with E-state index in [1.54, 1.807) is 18.2 Å². The van der Waals surface area contributed by atoms with Crippen LogP contribution in [0.5, 0.6) is 0 Å². The second kappa shape index (κ2) is 9.06. The standard InChI is InChI=1S/C20H22Cl2N2O2/c1-13(2)16-6-4-5-7-18(16)23-20(26)10-11-24(14(3)25)19-9-8-15(21)12-17(19)22/h4-9,12-13H,10-11H2,1-3H3,(H,23,26). The maximum Gasteiger partial charge on any atom is 0.226 e. The molecule has 2 aromatic rings. The molecule has 1 N–H and O–H groups in total. The number of hydrogen-bond donors (Lipinski definition) is 1. The van der Waals surface area contributed by atoms with E-state index in [2.05, 4.69) is 19.2 Å². The molecule has 0 saturated heterocycles. The molecule has 4 nitrogen and oxygen atoms in total. The van der Waals surface area contributed by atoms with Crippen molar-refractivity contribution >= 4 is 46.4 Å². The number of benzene rings is 2. The third kappa shape index (κ3) is 5.23. The molecule has 0 aliphatic rings. The summed E-state index contributed by atoms with van der Waals surface area (Å²) in [5, 5.41) is 3.79. The molecule has 0 aliphatic carbocycles. The van der Waals surface area contributed by atoms with Crippen molar-refractivity contribution in [2.24, 2.45) is 0 Å². The lowest BCUT2D eigenvalue weighted by Gasteiger charge is -2.22. The smallest absolute Gasteiger partial charge is 0.226 e. The Kier molecular flexibility index (Phi) is 7.06. The first-order chi connectivity index (χ1) is 12.3. The second-order valence-corrected chi connectivity index (χ2v) is 7.15. The summed E-state index contributed by atoms with van der Waals surface area (Å²) in [7, 11) is 0. The summed E-state index contributed by atoms with van der Waals surface area (Å²) >= 11 is 12.1. The molecule has 0 aromatic heterocycles. The molecule has 0 heterocycles. The van der Waals surface area contributed by atoms with E-state index in [9.17, 15) is 9.59 Å². The van der Waals surface area contributed by atoms with E-state index in [1.165, 1.54) is 11.8 Å². The van der Waals surface area contributed by atoms with Crippen molar-refractivity contribution in [3.8, 4) is 0 Å². The third-order valence-electron chi connectivity index (χ3n) is 4.00. The van der Waals surface area contributed by atoms with Gasteiger partial charge in [-0.05, 0) is 35.7 Å². The Morgan fingerprint density at radius 3 is 2.42 bits per heavy atom. The Balaban J connectivity index is 2.08. The molecule has 0 radical (unpaired) electrons. The van der Waals surface area contributed by atoms with Crippen molar-refractivity contribution in [1.82, 2.24) is 0 Å². The SMILES string of the molecule is CC(=O)N(CCC(=O)Nc1ccccc1C(C)C)c1ccc(Cl)cc1Cl. The van der Waals surface area contributed by atoms with Crippen LogP contribution in [0.1, 0.15) is 38.7 Å². The van der Waals surface area contributed by atoms with Crippen LogP contribution in [0.4, 0.5) is 11.4 Å². The lowest BCUT2D eigenvalue weighted by molar-refractivity contribution is -0.117. The molecule has 6 heteroatoms. The van der Waals surface area contributed by atoms with Crippen molar-refractivity contribution in [2.75, 3.05) is 16.8 Å². The Hall–Kier alpha value is -2.04. The molecule has 0 unspecified atom stereocenters. The number of nitrogens with zero attached hydrogens (tertiary/aromatic N) is 1. The Labute approximate surface area is 164 Å². The molecular formula is C20H22Cl2N2O2. The van der Waals surface area contributed by atoms with Gasteiger partial charge in [0.15, 0.2) is 0 Å². The van der Waals surface area contributed by atoms with Crippen molar-refractivity contribution < 1.29 is 9.59 Å². The number of rotatable bonds is 6. The molecule has 0 fully saturated rings. The van der Waals surface area contributed by atoms with Crippen LogP contribution in [-0.4, -0.2) is 18.4 Å². The van der Waals surface area contributed by atoms with Crippen LogP contribution in [0.3, 0.4) is 0 Å². The number of anilines is 2. The zero-order valence-electron chi connectivity index (χ0n) is 15.1. The highest BCUT2D eigenvalue weighted by atomic mass is 35.5. The van der Waals surface area contributed by atoms with E-state index < -0.39 is 0 Å². The third-order valence-corrected chi connectivity index (χ3v) is 4.54. The molecule has 0 aliphatic heterocycles. The van der Waals surface area contributed by atoms with Gasteiger partial charge in [0.2, 0.25) is 11.8 Å². The highest BCUT2D eigenvalue weighted by Crippen LogP contribution is 2.29. The first kappa shape index (κ1) is 20.3. The van der Waals surface area contributed by atoms with Crippen LogP contribution in [0.15, 0.2) is 42.5 Å². The molecule has 2 amide bonds. The molecule has 2 aromatic carbocycles. The normalized spacial score (nSPS) is 10.7. The monoisotopic (exact) mass is 392 g/mol. The van der Waals surface area contributed by atoms with Gasteiger partial charge in [0, 0.05) is 30.6 Å². The highest BCUT2D eigenvalue weighted by molar-refractivity contribution is 6.36. The molecule has 2 rings (SSSR count). The fraction of sp³-hybridized carbons (Fsp3) is 0.300. The summed E-state index contributed by atoms with van der Waals surface area (Å²) in [4.78, 5) is 25.9. The lowest BCUT2D eigenvalue weighted by atomic mass is 10.0. The Morgan fingerprint density at radius 2 is 1.81 bits per heavy atom. The van der Waals surface area contributed by atoms with Gasteiger partial charge >= 0.3 is 0 Å². The summed E-state index contributed by atoms with van der Waals surface area (Å²) in [6.07, 6.45) is 0.158. The zero-order valence-corrected chi connectivity index (χ0v) is 16.6. The predicted octanol–water partition coefficient (Wildman–Crippen LogP) is 5.50. The summed E-state index contributed by atoms with van der Waals surface area (Å²) in [6, 6.07) is 12.6. The molecule has 138 valence electrons. The molecule has 0 bridgehead atoms. The van der Waals surface area contributed by atoms with Gasteiger partial charge in [-0.15, -0.1) is 0 Å². The van der Waals surface area contributed by atoms with Crippen LogP contribution in [-0.2, 0) is 9.59 Å². The Morgan fingerprint density at radius 1 is 1.12 bits per heavy atom. The number of carbonyl (C=O) groups is 2. The molecule has 0 saturated carbocycles. The van der Waals surface area contributed by atoms with Crippen LogP contribution >= 0.6 is 23.2 Å². The van der Waals surface area contributed by atoms with Crippen molar-refractivity contribution in [3.63, 3.8) is 0 Å². The van der Waals surface area contributed by atoms with Gasteiger partial charge in [0.1, 0.15) is 0 Å². The van der Waals surface area contributed by atoms with E-state index in [-0.39, 0.29) is 24.8 Å². The van der Waals surface area contributed by atoms with Gasteiger partial charge in [0.05, 0.1) is 10.7 Å². The topological polar surface area (TPSA) is 49.4 Å². The fourth-order valence-corrected chi connectivity index (χ4v) is 3.20. The maximum absolute atomic E-state index is 12.4. The zero-order chi connectivity index (χ0) is 19.3. The minimum absolute atomic E-state index is 0.158. The summed E-state index contributed by atoms with van der Waals surface area (Å²) in [5.74, 6) is -0.0490. The summed E-state index contributed by atoms with van der Waals surface area (Å²) < 4.78 is 0. The van der Waals surface area contributed by atoms with Gasteiger partial charge in [-0.2, -0.15) is 0 Å². The fourth-order valence-electron chi connectivity index (χ4n) is 2.69. The van der Waals surface area contributed by atoms with Crippen LogP contribution < -0.4 is 10.2 Å². The first-order valence-electron chi connectivity index (χ1n) is 8.41. The predicted molar refractivity (Wildman–Crippen MR) is 108 cm³/mol. The number of nitrogens with one attached hydrogen (secondary N) is 1. The number of amides is 2. The quantitative estimate of drug-likeness (QED) is 0.705. The molecule has 0 spiro atoms. The number of para-hydroxylation sites is 1. The van der Waals surface area contributed by atoms with E-state index in [4.69, 9.17) is 23.2 Å². The summed E-state index contributed by atoms with van der Waals surface area (Å²) in [5.41, 5.74) is 2.41. The number of hydrogen-bond acceptors (Lipinski definition) is 2. The lowest BCUT2D eigenvalue weighted by Crippen LogP contribution is -2.32. The van der Waals surface area contributed by atoms with Gasteiger partial charge in [-0.3, -0.25) is 9.59 Å². The average Bonchev–Trinajstić information content (AvgIpc) is 2.56. The van der Waals surface area contributed by atoms with E-state index in [0.717, 1.165) is 11.3 Å². The molecular weight excluding hydrogens is 371 g/mol. The highest BCUT2D eigenvalue weighted by Gasteiger charge is 2.17. The molecule has 26 heavy (non-hydrogen) atoms. The van der Waals surface area contributed by atoms with E-state index in [1.807, 2.05) is 24.3 Å². The van der Waals surface area contributed by atoms with Gasteiger partial charge in [0.25, 0.3) is 0 Å². The van der Waals surface area contributed by atoms with Crippen LogP contribution in [0, 0.1) is 0 Å². The second-order valence-electron chi connectivity index (χ2n) is 6.31. The van der Waals surface area contributed by atoms with Crippen molar-refractivity contribution in [2.45, 2.75) is 33.1 Å². The van der Waals surface area contributed by atoms with E-state index >= 15 is 0 Å². The number of halogens is 2. The maximum atomic E-state index is 12.4. The minimum atomic E-state index is -0.190. The molecule has 0 atom stereocenters. The average molecular weight is 393 g/mol. The first-order valence-corrected chi connectivity index (χ1v) is 9.17. The van der Waals surface area contributed by atoms with E-state index in [0.29, 0.717) is 21.7 Å². The van der Waals surface area contributed by atoms with Gasteiger partial charge < -0.3 is 10.2 Å². The van der Waals surface area contributed by atoms with Crippen LogP contribution in [0.2, 0.25) is 10.0 Å². The largest absolute Gasteiger partial charge is 0.326 e. The minimum Gasteiger partial charge on any atom is -0.326 e. The van der Waals surface area contributed by atoms with Crippen molar-refractivity contribution in [3.05, 3.63) is 58.1 Å².